The molecule has 0 aliphatic carbocycles. The molecule has 0 radical (unpaired) electrons. The Morgan fingerprint density at radius 3 is 2.39 bits per heavy atom. The molecule has 0 amide bonds. The average Bonchev–Trinajstić information content (AvgIpc) is 2.46. The molecule has 3 nitrogen and oxygen atoms in total. The van der Waals surface area contributed by atoms with Gasteiger partial charge in [0.2, 0.25) is 0 Å². The van der Waals surface area contributed by atoms with Crippen LogP contribution in [0.3, 0.4) is 0 Å². The molecule has 0 fully saturated rings. The van der Waals surface area contributed by atoms with Crippen molar-refractivity contribution in [3.63, 3.8) is 0 Å². The Kier molecular flexibility index (Phi) is 4.31. The van der Waals surface area contributed by atoms with Crippen LogP contribution in [0.25, 0.3) is 0 Å². The first-order valence-corrected chi connectivity index (χ1v) is 6.17. The number of rotatable bonds is 5. The van der Waals surface area contributed by atoms with Crippen LogP contribution in [0.15, 0.2) is 48.8 Å². The lowest BCUT2D eigenvalue weighted by molar-refractivity contribution is 0.306. The van der Waals surface area contributed by atoms with Gasteiger partial charge in [-0.3, -0.25) is 4.98 Å². The normalized spacial score (nSPS) is 12.1. The lowest BCUT2D eigenvalue weighted by Crippen LogP contribution is -2.08. The quantitative estimate of drug-likeness (QED) is 0.876. The molecule has 1 atom stereocenters. The van der Waals surface area contributed by atoms with Crippen molar-refractivity contribution in [1.29, 1.82) is 0 Å². The van der Waals surface area contributed by atoms with E-state index in [-0.39, 0.29) is 6.04 Å². The highest BCUT2D eigenvalue weighted by atomic mass is 16.5. The van der Waals surface area contributed by atoms with Gasteiger partial charge < -0.3 is 10.5 Å². The molecule has 2 aromatic rings. The molecular formula is C15H18N2O. The molecule has 0 bridgehead atoms. The van der Waals surface area contributed by atoms with E-state index in [9.17, 15) is 0 Å². The van der Waals surface area contributed by atoms with Gasteiger partial charge in [-0.05, 0) is 41.8 Å². The summed E-state index contributed by atoms with van der Waals surface area (Å²) in [4.78, 5) is 3.97. The fraction of sp³-hybridized carbons (Fsp3) is 0.267. The van der Waals surface area contributed by atoms with E-state index in [1.165, 1.54) is 0 Å². The number of aromatic nitrogens is 1. The number of pyridine rings is 1. The number of nitrogens with two attached hydrogens (primary N) is 1. The smallest absolute Gasteiger partial charge is 0.119 e. The molecular weight excluding hydrogens is 224 g/mol. The summed E-state index contributed by atoms with van der Waals surface area (Å²) in [5.74, 6) is 0.860. The van der Waals surface area contributed by atoms with Crippen molar-refractivity contribution in [2.24, 2.45) is 5.73 Å². The molecule has 3 heteroatoms. The Bertz CT molecular complexity index is 468. The van der Waals surface area contributed by atoms with Crippen molar-refractivity contribution >= 4 is 0 Å². The zero-order valence-corrected chi connectivity index (χ0v) is 10.5. The lowest BCUT2D eigenvalue weighted by atomic mass is 10.1. The molecule has 2 N–H and O–H groups in total. The molecule has 94 valence electrons. The van der Waals surface area contributed by atoms with E-state index >= 15 is 0 Å². The largest absolute Gasteiger partial charge is 0.489 e. The lowest BCUT2D eigenvalue weighted by Gasteiger charge is -2.10. The van der Waals surface area contributed by atoms with Crippen LogP contribution in [0.2, 0.25) is 0 Å². The summed E-state index contributed by atoms with van der Waals surface area (Å²) >= 11 is 0. The van der Waals surface area contributed by atoms with Gasteiger partial charge in [0.1, 0.15) is 12.4 Å². The van der Waals surface area contributed by atoms with Crippen molar-refractivity contribution in [1.82, 2.24) is 4.98 Å². The molecule has 1 heterocycles. The second-order valence-corrected chi connectivity index (χ2v) is 4.23. The first-order chi connectivity index (χ1) is 8.79. The van der Waals surface area contributed by atoms with E-state index in [1.54, 1.807) is 12.4 Å². The third kappa shape index (κ3) is 3.31. The fourth-order valence-electron chi connectivity index (χ4n) is 1.69. The summed E-state index contributed by atoms with van der Waals surface area (Å²) < 4.78 is 5.69. The Morgan fingerprint density at radius 1 is 1.11 bits per heavy atom. The van der Waals surface area contributed by atoms with Gasteiger partial charge in [-0.2, -0.15) is 0 Å². The molecule has 1 aromatic heterocycles. The molecule has 0 saturated heterocycles. The first kappa shape index (κ1) is 12.6. The summed E-state index contributed by atoms with van der Waals surface area (Å²) in [6, 6.07) is 12.0. The highest BCUT2D eigenvalue weighted by Gasteiger charge is 2.03. The van der Waals surface area contributed by atoms with Crippen molar-refractivity contribution in [3.8, 4) is 5.75 Å². The number of hydrogen-bond acceptors (Lipinski definition) is 3. The van der Waals surface area contributed by atoms with Crippen molar-refractivity contribution in [3.05, 3.63) is 59.9 Å². The topological polar surface area (TPSA) is 48.1 Å². The highest BCUT2D eigenvalue weighted by Crippen LogP contribution is 2.18. The summed E-state index contributed by atoms with van der Waals surface area (Å²) in [6.07, 6.45) is 4.47. The predicted molar refractivity (Wildman–Crippen MR) is 72.2 cm³/mol. The SMILES string of the molecule is CCC(N)c1ccc(OCc2ccncc2)cc1. The molecule has 1 unspecified atom stereocenters. The van der Waals surface area contributed by atoms with Crippen LogP contribution in [0, 0.1) is 0 Å². The zero-order chi connectivity index (χ0) is 12.8. The maximum atomic E-state index is 5.96. The molecule has 1 aromatic carbocycles. The van der Waals surface area contributed by atoms with Crippen LogP contribution < -0.4 is 10.5 Å². The van der Waals surface area contributed by atoms with E-state index in [1.807, 2.05) is 36.4 Å². The van der Waals surface area contributed by atoms with Gasteiger partial charge in [-0.1, -0.05) is 19.1 Å². The Labute approximate surface area is 108 Å². The van der Waals surface area contributed by atoms with Crippen molar-refractivity contribution < 1.29 is 4.74 Å². The summed E-state index contributed by atoms with van der Waals surface area (Å²) in [6.45, 7) is 2.64. The van der Waals surface area contributed by atoms with Gasteiger partial charge in [-0.15, -0.1) is 0 Å². The molecule has 0 spiro atoms. The minimum absolute atomic E-state index is 0.110. The monoisotopic (exact) mass is 242 g/mol. The van der Waals surface area contributed by atoms with E-state index in [2.05, 4.69) is 11.9 Å². The zero-order valence-electron chi connectivity index (χ0n) is 10.5. The minimum atomic E-state index is 0.110. The second kappa shape index (κ2) is 6.17. The predicted octanol–water partition coefficient (Wildman–Crippen LogP) is 3.07. The maximum absolute atomic E-state index is 5.96. The first-order valence-electron chi connectivity index (χ1n) is 6.17. The molecule has 0 aliphatic rings. The van der Waals surface area contributed by atoms with Crippen molar-refractivity contribution in [2.75, 3.05) is 0 Å². The molecule has 18 heavy (non-hydrogen) atoms. The highest BCUT2D eigenvalue weighted by molar-refractivity contribution is 5.29. The fourth-order valence-corrected chi connectivity index (χ4v) is 1.69. The molecule has 0 saturated carbocycles. The third-order valence-electron chi connectivity index (χ3n) is 2.90. The average molecular weight is 242 g/mol. The Morgan fingerprint density at radius 2 is 1.78 bits per heavy atom. The van der Waals surface area contributed by atoms with Crippen LogP contribution in [0.1, 0.15) is 30.5 Å². The standard InChI is InChI=1S/C15H18N2O/c1-2-15(16)13-3-5-14(6-4-13)18-11-12-7-9-17-10-8-12/h3-10,15H,2,11,16H2,1H3. The third-order valence-corrected chi connectivity index (χ3v) is 2.90. The van der Waals surface area contributed by atoms with E-state index in [0.717, 1.165) is 23.3 Å². The second-order valence-electron chi connectivity index (χ2n) is 4.23. The van der Waals surface area contributed by atoms with E-state index < -0.39 is 0 Å². The van der Waals surface area contributed by atoms with Gasteiger partial charge in [0.05, 0.1) is 0 Å². The van der Waals surface area contributed by atoms with Gasteiger partial charge in [-0.25, -0.2) is 0 Å². The Balaban J connectivity index is 1.94. The molecule has 2 rings (SSSR count). The number of ether oxygens (including phenoxy) is 1. The maximum Gasteiger partial charge on any atom is 0.119 e. The van der Waals surface area contributed by atoms with Crippen LogP contribution in [-0.2, 0) is 6.61 Å². The number of benzene rings is 1. The van der Waals surface area contributed by atoms with E-state index in [0.29, 0.717) is 6.61 Å². The van der Waals surface area contributed by atoms with Crippen LogP contribution in [-0.4, -0.2) is 4.98 Å². The summed E-state index contributed by atoms with van der Waals surface area (Å²) in [7, 11) is 0. The van der Waals surface area contributed by atoms with Gasteiger partial charge in [0.25, 0.3) is 0 Å². The van der Waals surface area contributed by atoms with Gasteiger partial charge >= 0.3 is 0 Å². The summed E-state index contributed by atoms with van der Waals surface area (Å²) in [5, 5.41) is 0. The number of hydrogen-bond donors (Lipinski definition) is 1. The summed E-state index contributed by atoms with van der Waals surface area (Å²) in [5.41, 5.74) is 8.22. The Hall–Kier alpha value is -1.87. The van der Waals surface area contributed by atoms with Gasteiger partial charge in [0.15, 0.2) is 0 Å². The van der Waals surface area contributed by atoms with Crippen LogP contribution in [0.5, 0.6) is 5.75 Å². The van der Waals surface area contributed by atoms with Gasteiger partial charge in [0, 0.05) is 18.4 Å². The van der Waals surface area contributed by atoms with Crippen molar-refractivity contribution in [2.45, 2.75) is 26.0 Å². The van der Waals surface area contributed by atoms with Crippen LogP contribution in [0.4, 0.5) is 0 Å². The van der Waals surface area contributed by atoms with Crippen LogP contribution >= 0.6 is 0 Å². The number of nitrogens with zero attached hydrogens (tertiary/aromatic N) is 1. The van der Waals surface area contributed by atoms with E-state index in [4.69, 9.17) is 10.5 Å². The minimum Gasteiger partial charge on any atom is -0.489 e. The molecule has 0 aliphatic heterocycles.